The van der Waals surface area contributed by atoms with Crippen molar-refractivity contribution < 1.29 is 5.11 Å². The van der Waals surface area contributed by atoms with E-state index in [0.29, 0.717) is 0 Å². The molecule has 1 unspecified atom stereocenters. The van der Waals surface area contributed by atoms with Gasteiger partial charge in [0.25, 0.3) is 0 Å². The van der Waals surface area contributed by atoms with Crippen molar-refractivity contribution in [1.82, 2.24) is 0 Å². The van der Waals surface area contributed by atoms with Crippen LogP contribution in [0.1, 0.15) is 25.0 Å². The van der Waals surface area contributed by atoms with Crippen molar-refractivity contribution in [3.63, 3.8) is 0 Å². The molecule has 0 saturated heterocycles. The van der Waals surface area contributed by atoms with Gasteiger partial charge in [-0.1, -0.05) is 25.1 Å². The highest BCUT2D eigenvalue weighted by Gasteiger charge is 2.06. The third kappa shape index (κ3) is 2.17. The fraction of sp³-hybridized carbons (Fsp3) is 0.333. The lowest BCUT2D eigenvalue weighted by molar-refractivity contribution is 0.173. The molecule has 0 heterocycles. The number of aliphatic hydroxyl groups excluding tert-OH is 1. The average Bonchev–Trinajstić information content (AvgIpc) is 2.04. The summed E-state index contributed by atoms with van der Waals surface area (Å²) in [4.78, 5) is 0. The van der Waals surface area contributed by atoms with Crippen molar-refractivity contribution in [2.75, 3.05) is 0 Å². The molecule has 0 radical (unpaired) electrons. The largest absolute Gasteiger partial charge is 0.388 e. The summed E-state index contributed by atoms with van der Waals surface area (Å²) in [5.74, 6) is 0. The van der Waals surface area contributed by atoms with Gasteiger partial charge in [0.15, 0.2) is 0 Å². The third-order valence-electron chi connectivity index (χ3n) is 1.65. The predicted octanol–water partition coefficient (Wildman–Crippen LogP) is 2.73. The van der Waals surface area contributed by atoms with Crippen LogP contribution < -0.4 is 0 Å². The van der Waals surface area contributed by atoms with E-state index < -0.39 is 0 Å². The smallest absolute Gasteiger partial charge is 0.0797 e. The maximum atomic E-state index is 9.51. The molecule has 0 saturated carbocycles. The molecular formula is C9H11IO. The van der Waals surface area contributed by atoms with Crippen LogP contribution in [0.15, 0.2) is 24.3 Å². The Morgan fingerprint density at radius 2 is 2.09 bits per heavy atom. The van der Waals surface area contributed by atoms with Gasteiger partial charge in [0.05, 0.1) is 6.10 Å². The molecule has 1 aromatic rings. The Morgan fingerprint density at radius 1 is 1.45 bits per heavy atom. The van der Waals surface area contributed by atoms with E-state index >= 15 is 0 Å². The zero-order chi connectivity index (χ0) is 8.27. The molecule has 2 heteroatoms. The van der Waals surface area contributed by atoms with Crippen LogP contribution in [0, 0.1) is 3.57 Å². The van der Waals surface area contributed by atoms with Crippen molar-refractivity contribution in [2.24, 2.45) is 0 Å². The van der Waals surface area contributed by atoms with Crippen molar-refractivity contribution in [3.05, 3.63) is 33.4 Å². The number of aliphatic hydroxyl groups is 1. The van der Waals surface area contributed by atoms with Gasteiger partial charge in [0.2, 0.25) is 0 Å². The monoisotopic (exact) mass is 262 g/mol. The zero-order valence-electron chi connectivity index (χ0n) is 6.42. The molecule has 1 nitrogen and oxygen atoms in total. The molecule has 60 valence electrons. The summed E-state index contributed by atoms with van der Waals surface area (Å²) in [7, 11) is 0. The molecule has 1 aromatic carbocycles. The minimum atomic E-state index is -0.303. The summed E-state index contributed by atoms with van der Waals surface area (Å²) in [6.45, 7) is 1.98. The number of hydrogen-bond acceptors (Lipinski definition) is 1. The first-order valence-corrected chi connectivity index (χ1v) is 4.76. The lowest BCUT2D eigenvalue weighted by Crippen LogP contribution is -1.97. The molecule has 0 aliphatic rings. The van der Waals surface area contributed by atoms with Gasteiger partial charge < -0.3 is 5.11 Å². The van der Waals surface area contributed by atoms with E-state index in [2.05, 4.69) is 22.6 Å². The van der Waals surface area contributed by atoms with Gasteiger partial charge >= 0.3 is 0 Å². The summed E-state index contributed by atoms with van der Waals surface area (Å²) < 4.78 is 1.14. The van der Waals surface area contributed by atoms with Gasteiger partial charge in [0.1, 0.15) is 0 Å². The standard InChI is InChI=1S/C9H11IO/c1-2-9(11)7-5-3-4-6-8(7)10/h3-6,9,11H,2H2,1H3. The number of rotatable bonds is 2. The highest BCUT2D eigenvalue weighted by molar-refractivity contribution is 14.1. The highest BCUT2D eigenvalue weighted by Crippen LogP contribution is 2.21. The van der Waals surface area contributed by atoms with Gasteiger partial charge in [0, 0.05) is 3.57 Å². The van der Waals surface area contributed by atoms with Crippen LogP contribution in [0.2, 0.25) is 0 Å². The van der Waals surface area contributed by atoms with Crippen molar-refractivity contribution in [3.8, 4) is 0 Å². The molecule has 0 aliphatic heterocycles. The van der Waals surface area contributed by atoms with Crippen molar-refractivity contribution >= 4 is 22.6 Å². The van der Waals surface area contributed by atoms with Crippen LogP contribution in [0.5, 0.6) is 0 Å². The van der Waals surface area contributed by atoms with Crippen LogP contribution in [0.4, 0.5) is 0 Å². The van der Waals surface area contributed by atoms with E-state index in [1.54, 1.807) is 0 Å². The first-order valence-electron chi connectivity index (χ1n) is 3.68. The quantitative estimate of drug-likeness (QED) is 0.812. The van der Waals surface area contributed by atoms with Crippen LogP contribution in [-0.4, -0.2) is 5.11 Å². The minimum absolute atomic E-state index is 0.303. The molecule has 0 fully saturated rings. The molecule has 1 rings (SSSR count). The molecule has 0 aliphatic carbocycles. The second-order valence-electron chi connectivity index (χ2n) is 2.45. The van der Waals surface area contributed by atoms with E-state index in [-0.39, 0.29) is 6.10 Å². The van der Waals surface area contributed by atoms with Crippen molar-refractivity contribution in [1.29, 1.82) is 0 Å². The van der Waals surface area contributed by atoms with Gasteiger partial charge in [-0.3, -0.25) is 0 Å². The van der Waals surface area contributed by atoms with Crippen LogP contribution in [-0.2, 0) is 0 Å². The lowest BCUT2D eigenvalue weighted by atomic mass is 10.1. The van der Waals surface area contributed by atoms with Gasteiger partial charge in [-0.05, 0) is 40.6 Å². The summed E-state index contributed by atoms with van der Waals surface area (Å²) in [5.41, 5.74) is 1.04. The number of halogens is 1. The average molecular weight is 262 g/mol. The fourth-order valence-electron chi connectivity index (χ4n) is 0.965. The molecule has 0 amide bonds. The molecule has 1 N–H and O–H groups in total. The summed E-state index contributed by atoms with van der Waals surface area (Å²) in [5, 5.41) is 9.51. The Hall–Kier alpha value is -0.0900. The Morgan fingerprint density at radius 3 is 2.64 bits per heavy atom. The normalized spacial score (nSPS) is 13.0. The van der Waals surface area contributed by atoms with E-state index in [9.17, 15) is 5.11 Å². The summed E-state index contributed by atoms with van der Waals surface area (Å²) >= 11 is 2.24. The molecule has 11 heavy (non-hydrogen) atoms. The minimum Gasteiger partial charge on any atom is -0.388 e. The summed E-state index contributed by atoms with van der Waals surface area (Å²) in [6, 6.07) is 7.91. The zero-order valence-corrected chi connectivity index (χ0v) is 8.58. The Balaban J connectivity index is 2.93. The van der Waals surface area contributed by atoms with Gasteiger partial charge in [-0.15, -0.1) is 0 Å². The lowest BCUT2D eigenvalue weighted by Gasteiger charge is -2.09. The van der Waals surface area contributed by atoms with Gasteiger partial charge in [-0.25, -0.2) is 0 Å². The SMILES string of the molecule is CCC(O)c1ccccc1I. The molecule has 1 atom stereocenters. The maximum Gasteiger partial charge on any atom is 0.0797 e. The topological polar surface area (TPSA) is 20.2 Å². The van der Waals surface area contributed by atoms with E-state index in [4.69, 9.17) is 0 Å². The number of hydrogen-bond donors (Lipinski definition) is 1. The molecular weight excluding hydrogens is 251 g/mol. The summed E-state index contributed by atoms with van der Waals surface area (Å²) in [6.07, 6.45) is 0.475. The Bertz CT molecular complexity index is 235. The van der Waals surface area contributed by atoms with E-state index in [1.165, 1.54) is 0 Å². The Labute approximate surface area is 80.6 Å². The molecule has 0 aromatic heterocycles. The first kappa shape index (κ1) is 9.00. The second-order valence-corrected chi connectivity index (χ2v) is 3.61. The second kappa shape index (κ2) is 4.07. The fourth-order valence-corrected chi connectivity index (χ4v) is 1.71. The van der Waals surface area contributed by atoms with Crippen LogP contribution >= 0.6 is 22.6 Å². The third-order valence-corrected chi connectivity index (χ3v) is 2.63. The molecule has 0 bridgehead atoms. The van der Waals surface area contributed by atoms with Crippen molar-refractivity contribution in [2.45, 2.75) is 19.4 Å². The maximum absolute atomic E-state index is 9.51. The molecule has 0 spiro atoms. The highest BCUT2D eigenvalue weighted by atomic mass is 127. The van der Waals surface area contributed by atoms with Gasteiger partial charge in [-0.2, -0.15) is 0 Å². The predicted molar refractivity (Wildman–Crippen MR) is 54.4 cm³/mol. The first-order chi connectivity index (χ1) is 5.25. The van der Waals surface area contributed by atoms with Crippen LogP contribution in [0.25, 0.3) is 0 Å². The van der Waals surface area contributed by atoms with Crippen LogP contribution in [0.3, 0.4) is 0 Å². The van der Waals surface area contributed by atoms with E-state index in [1.807, 2.05) is 31.2 Å². The number of benzene rings is 1. The van der Waals surface area contributed by atoms with E-state index in [0.717, 1.165) is 15.6 Å². The Kier molecular flexibility index (Phi) is 3.33.